The number of benzene rings is 1. The van der Waals surface area contributed by atoms with Crippen molar-refractivity contribution in [1.82, 2.24) is 0 Å². The minimum atomic E-state index is -4.39. The van der Waals surface area contributed by atoms with Gasteiger partial charge < -0.3 is 0 Å². The zero-order valence-electron chi connectivity index (χ0n) is 15.6. The molecule has 1 aromatic rings. The van der Waals surface area contributed by atoms with Crippen molar-refractivity contribution >= 4 is 5.57 Å². The third-order valence-corrected chi connectivity index (χ3v) is 6.91. The van der Waals surface area contributed by atoms with E-state index in [0.29, 0.717) is 5.57 Å². The Labute approximate surface area is 162 Å². The summed E-state index contributed by atoms with van der Waals surface area (Å²) in [5, 5.41) is 0. The van der Waals surface area contributed by atoms with E-state index in [9.17, 15) is 13.2 Å². The van der Waals surface area contributed by atoms with Gasteiger partial charge in [0.05, 0.1) is 5.56 Å². The van der Waals surface area contributed by atoms with Gasteiger partial charge in [-0.15, -0.1) is 0 Å². The van der Waals surface area contributed by atoms with Crippen LogP contribution in [0.5, 0.6) is 0 Å². The molecule has 0 saturated heterocycles. The molecule has 2 unspecified atom stereocenters. The van der Waals surface area contributed by atoms with Crippen LogP contribution in [0.15, 0.2) is 101 Å². The van der Waals surface area contributed by atoms with E-state index in [1.165, 1.54) is 17.2 Å². The number of hydrogen-bond acceptors (Lipinski definition) is 0. The van der Waals surface area contributed by atoms with Crippen molar-refractivity contribution in [3.05, 3.63) is 112 Å². The lowest BCUT2D eigenvalue weighted by atomic mass is 9.46. The van der Waals surface area contributed by atoms with Crippen molar-refractivity contribution in [3.8, 4) is 0 Å². The molecule has 0 aromatic heterocycles. The summed E-state index contributed by atoms with van der Waals surface area (Å²) >= 11 is 0. The third kappa shape index (κ3) is 2.02. The van der Waals surface area contributed by atoms with E-state index < -0.39 is 11.7 Å². The fraction of sp³-hybridized carbons (Fsp3) is 0.200. The highest BCUT2D eigenvalue weighted by molar-refractivity contribution is 5.84. The minimum absolute atomic E-state index is 0.224. The second-order valence-electron chi connectivity index (χ2n) is 8.05. The van der Waals surface area contributed by atoms with Gasteiger partial charge in [-0.1, -0.05) is 86.7 Å². The fourth-order valence-corrected chi connectivity index (χ4v) is 5.11. The highest BCUT2D eigenvalue weighted by Gasteiger charge is 2.55. The normalized spacial score (nSPS) is 30.0. The van der Waals surface area contributed by atoms with Crippen LogP contribution in [0.2, 0.25) is 0 Å². The Kier molecular flexibility index (Phi) is 3.32. The lowest BCUT2D eigenvalue weighted by Gasteiger charge is -2.56. The fourth-order valence-electron chi connectivity index (χ4n) is 5.11. The molecule has 3 heteroatoms. The largest absolute Gasteiger partial charge is 0.417 e. The lowest BCUT2D eigenvalue weighted by molar-refractivity contribution is -0.137. The smallest absolute Gasteiger partial charge is 0.166 e. The molecule has 0 radical (unpaired) electrons. The summed E-state index contributed by atoms with van der Waals surface area (Å²) in [6.45, 7) is 4.44. The summed E-state index contributed by atoms with van der Waals surface area (Å²) in [5.74, 6) is 0. The third-order valence-electron chi connectivity index (χ3n) is 6.91. The molecule has 0 nitrogen and oxygen atoms in total. The Balaban J connectivity index is 1.77. The molecule has 4 aliphatic rings. The first-order valence-electron chi connectivity index (χ1n) is 9.36. The first-order valence-corrected chi connectivity index (χ1v) is 9.36. The van der Waals surface area contributed by atoms with Gasteiger partial charge in [-0.2, -0.15) is 13.2 Å². The number of rotatable bonds is 1. The molecule has 4 aliphatic carbocycles. The number of hydrogen-bond donors (Lipinski definition) is 0. The van der Waals surface area contributed by atoms with Crippen molar-refractivity contribution in [2.24, 2.45) is 10.8 Å². The molecule has 0 amide bonds. The summed E-state index contributed by atoms with van der Waals surface area (Å²) in [7, 11) is 0. The van der Waals surface area contributed by atoms with Crippen LogP contribution in [0.4, 0.5) is 13.2 Å². The summed E-state index contributed by atoms with van der Waals surface area (Å²) in [6.07, 6.45) is 14.1. The summed E-state index contributed by atoms with van der Waals surface area (Å²) in [5.41, 5.74) is 4.28. The SMILES string of the molecule is CC12C3=CC=CC1=CC=C1C=C(c4ccccc4C(F)(F)F)C=C(C=C3)C12C. The zero-order valence-corrected chi connectivity index (χ0v) is 15.6. The molecule has 0 aliphatic heterocycles. The molecule has 1 aromatic carbocycles. The van der Waals surface area contributed by atoms with E-state index in [4.69, 9.17) is 0 Å². The molecular weight excluding hydrogens is 357 g/mol. The Hall–Kier alpha value is -2.81. The lowest BCUT2D eigenvalue weighted by Crippen LogP contribution is -2.47. The predicted octanol–water partition coefficient (Wildman–Crippen LogP) is 6.97. The van der Waals surface area contributed by atoms with Gasteiger partial charge in [-0.3, -0.25) is 0 Å². The van der Waals surface area contributed by atoms with Gasteiger partial charge >= 0.3 is 6.18 Å². The van der Waals surface area contributed by atoms with Gasteiger partial charge in [0.25, 0.3) is 0 Å². The molecular formula is C25H19F3. The minimum Gasteiger partial charge on any atom is -0.166 e. The van der Waals surface area contributed by atoms with Crippen molar-refractivity contribution in [3.63, 3.8) is 0 Å². The average Bonchev–Trinajstić information content (AvgIpc) is 2.66. The van der Waals surface area contributed by atoms with Gasteiger partial charge in [0.2, 0.25) is 0 Å². The molecule has 140 valence electrons. The van der Waals surface area contributed by atoms with Crippen molar-refractivity contribution < 1.29 is 13.2 Å². The number of alkyl halides is 3. The van der Waals surface area contributed by atoms with Crippen LogP contribution in [0.1, 0.15) is 25.0 Å². The number of allylic oxidation sites excluding steroid dienone is 14. The van der Waals surface area contributed by atoms with Crippen molar-refractivity contribution in [2.75, 3.05) is 0 Å². The van der Waals surface area contributed by atoms with Crippen LogP contribution in [-0.2, 0) is 6.18 Å². The van der Waals surface area contributed by atoms with Crippen molar-refractivity contribution in [1.29, 1.82) is 0 Å². The van der Waals surface area contributed by atoms with E-state index in [1.807, 2.05) is 12.2 Å². The molecule has 28 heavy (non-hydrogen) atoms. The maximum Gasteiger partial charge on any atom is 0.417 e. The van der Waals surface area contributed by atoms with E-state index >= 15 is 0 Å². The highest BCUT2D eigenvalue weighted by Crippen LogP contribution is 2.65. The van der Waals surface area contributed by atoms with Gasteiger partial charge in [-0.25, -0.2) is 0 Å². The molecule has 0 heterocycles. The van der Waals surface area contributed by atoms with Gasteiger partial charge in [0, 0.05) is 10.8 Å². The zero-order chi connectivity index (χ0) is 19.7. The quantitative estimate of drug-likeness (QED) is 0.496. The molecule has 5 rings (SSSR count). The summed E-state index contributed by atoms with van der Waals surface area (Å²) in [6, 6.07) is 5.81. The topological polar surface area (TPSA) is 0 Å². The van der Waals surface area contributed by atoms with E-state index in [0.717, 1.165) is 17.2 Å². The summed E-state index contributed by atoms with van der Waals surface area (Å²) < 4.78 is 40.7. The highest BCUT2D eigenvalue weighted by atomic mass is 19.4. The molecule has 2 atom stereocenters. The molecule has 0 N–H and O–H groups in total. The van der Waals surface area contributed by atoms with Crippen LogP contribution in [-0.4, -0.2) is 0 Å². The Morgan fingerprint density at radius 2 is 1.36 bits per heavy atom. The van der Waals surface area contributed by atoms with Crippen LogP contribution < -0.4 is 0 Å². The maximum atomic E-state index is 13.6. The van der Waals surface area contributed by atoms with Crippen LogP contribution >= 0.6 is 0 Å². The average molecular weight is 376 g/mol. The molecule has 0 saturated carbocycles. The molecule has 0 fully saturated rings. The Bertz CT molecular complexity index is 1110. The number of halogens is 3. The predicted molar refractivity (Wildman–Crippen MR) is 106 cm³/mol. The van der Waals surface area contributed by atoms with E-state index in [2.05, 4.69) is 56.4 Å². The van der Waals surface area contributed by atoms with Gasteiger partial charge in [0.1, 0.15) is 0 Å². The maximum absolute atomic E-state index is 13.6. The Morgan fingerprint density at radius 3 is 2.14 bits per heavy atom. The first-order chi connectivity index (χ1) is 13.3. The second-order valence-corrected chi connectivity index (χ2v) is 8.05. The summed E-state index contributed by atoms with van der Waals surface area (Å²) in [4.78, 5) is 0. The van der Waals surface area contributed by atoms with Gasteiger partial charge in [0.15, 0.2) is 0 Å². The molecule has 0 bridgehead atoms. The monoisotopic (exact) mass is 376 g/mol. The van der Waals surface area contributed by atoms with Crippen molar-refractivity contribution in [2.45, 2.75) is 20.0 Å². The van der Waals surface area contributed by atoms with E-state index in [1.54, 1.807) is 12.1 Å². The standard InChI is InChI=1S/C25H19F3/c1-23-17-6-5-7-18(23)11-13-20-15-16(14-19(12-10-17)24(20,23)2)21-8-3-4-9-22(21)25(26,27)28/h3-15H,1-2H3. The second kappa shape index (κ2) is 5.38. The Morgan fingerprint density at radius 1 is 0.714 bits per heavy atom. The molecule has 0 spiro atoms. The van der Waals surface area contributed by atoms with E-state index in [-0.39, 0.29) is 16.4 Å². The first kappa shape index (κ1) is 17.3. The van der Waals surface area contributed by atoms with Crippen LogP contribution in [0, 0.1) is 10.8 Å². The van der Waals surface area contributed by atoms with Gasteiger partial charge in [-0.05, 0) is 39.5 Å². The van der Waals surface area contributed by atoms with Crippen LogP contribution in [0.25, 0.3) is 5.57 Å². The van der Waals surface area contributed by atoms with Crippen LogP contribution in [0.3, 0.4) is 0 Å².